The number of hydrogen-bond acceptors (Lipinski definition) is 4. The third-order valence-corrected chi connectivity index (χ3v) is 5.15. The topological polar surface area (TPSA) is 29.5 Å². The molecular formula is C19H12FNO2S2. The van der Waals surface area contributed by atoms with Crippen LogP contribution in [0.15, 0.2) is 65.1 Å². The van der Waals surface area contributed by atoms with Gasteiger partial charge in [-0.25, -0.2) is 4.39 Å². The number of halogens is 1. The van der Waals surface area contributed by atoms with Gasteiger partial charge >= 0.3 is 0 Å². The number of carbonyl (C=O) groups is 1. The fourth-order valence-electron chi connectivity index (χ4n) is 2.67. The quantitative estimate of drug-likeness (QED) is 0.574. The molecule has 2 aliphatic heterocycles. The molecule has 0 radical (unpaired) electrons. The summed E-state index contributed by atoms with van der Waals surface area (Å²) in [5.74, 6) is 0.271. The van der Waals surface area contributed by atoms with Crippen molar-refractivity contribution >= 4 is 46.0 Å². The van der Waals surface area contributed by atoms with E-state index in [0.29, 0.717) is 21.5 Å². The Hall–Kier alpha value is -2.44. The Morgan fingerprint density at radius 2 is 1.92 bits per heavy atom. The number of thiocarbonyl (C=S) groups is 1. The Balaban J connectivity index is 1.63. The van der Waals surface area contributed by atoms with Crippen molar-refractivity contribution in [3.63, 3.8) is 0 Å². The van der Waals surface area contributed by atoms with Gasteiger partial charge in [-0.15, -0.1) is 0 Å². The molecule has 25 heavy (non-hydrogen) atoms. The Kier molecular flexibility index (Phi) is 4.15. The molecule has 1 amide bonds. The second-order valence-corrected chi connectivity index (χ2v) is 7.22. The summed E-state index contributed by atoms with van der Waals surface area (Å²) < 4.78 is 19.2. The zero-order valence-corrected chi connectivity index (χ0v) is 14.6. The molecule has 0 atom stereocenters. The van der Waals surface area contributed by atoms with Gasteiger partial charge in [-0.1, -0.05) is 42.2 Å². The Morgan fingerprint density at radius 1 is 1.16 bits per heavy atom. The molecule has 0 spiro atoms. The number of anilines is 1. The third kappa shape index (κ3) is 3.10. The lowest BCUT2D eigenvalue weighted by molar-refractivity contribution is -0.113. The second-order valence-electron chi connectivity index (χ2n) is 5.54. The van der Waals surface area contributed by atoms with E-state index < -0.39 is 0 Å². The summed E-state index contributed by atoms with van der Waals surface area (Å²) in [4.78, 5) is 14.7. The molecule has 1 saturated heterocycles. The molecule has 1 fully saturated rings. The predicted molar refractivity (Wildman–Crippen MR) is 102 cm³/mol. The van der Waals surface area contributed by atoms with Crippen LogP contribution in [-0.4, -0.2) is 16.8 Å². The van der Waals surface area contributed by atoms with Crippen molar-refractivity contribution < 1.29 is 13.9 Å². The van der Waals surface area contributed by atoms with Gasteiger partial charge in [-0.2, -0.15) is 0 Å². The van der Waals surface area contributed by atoms with E-state index in [9.17, 15) is 9.18 Å². The van der Waals surface area contributed by atoms with E-state index in [0.717, 1.165) is 16.9 Å². The largest absolute Gasteiger partial charge is 0.488 e. The summed E-state index contributed by atoms with van der Waals surface area (Å²) in [7, 11) is 0. The minimum atomic E-state index is -0.354. The molecule has 124 valence electrons. The maximum Gasteiger partial charge on any atom is 0.270 e. The SMILES string of the molecule is O=C1/C(=C/C2=Cc3ccccc3OC2)SC(=S)N1c1ccc(F)cc1. The lowest BCUT2D eigenvalue weighted by Gasteiger charge is -2.16. The summed E-state index contributed by atoms with van der Waals surface area (Å²) in [6, 6.07) is 13.5. The predicted octanol–water partition coefficient (Wildman–Crippen LogP) is 4.55. The van der Waals surface area contributed by atoms with E-state index in [1.54, 1.807) is 18.2 Å². The third-order valence-electron chi connectivity index (χ3n) is 3.85. The average molecular weight is 369 g/mol. The fourth-order valence-corrected chi connectivity index (χ4v) is 3.98. The minimum Gasteiger partial charge on any atom is -0.488 e. The van der Waals surface area contributed by atoms with Crippen LogP contribution in [0.25, 0.3) is 6.08 Å². The molecular weight excluding hydrogens is 357 g/mol. The first-order chi connectivity index (χ1) is 12.1. The van der Waals surface area contributed by atoms with Crippen LogP contribution in [0, 0.1) is 5.82 Å². The molecule has 0 saturated carbocycles. The van der Waals surface area contributed by atoms with Crippen LogP contribution in [0.5, 0.6) is 5.75 Å². The van der Waals surface area contributed by atoms with Gasteiger partial charge in [0.25, 0.3) is 5.91 Å². The number of para-hydroxylation sites is 1. The van der Waals surface area contributed by atoms with Gasteiger partial charge in [-0.3, -0.25) is 9.69 Å². The number of hydrogen-bond donors (Lipinski definition) is 0. The summed E-state index contributed by atoms with van der Waals surface area (Å²) in [5, 5.41) is 0. The Labute approximate surface area is 153 Å². The van der Waals surface area contributed by atoms with Crippen LogP contribution in [0.3, 0.4) is 0 Å². The van der Waals surface area contributed by atoms with Gasteiger partial charge in [-0.05, 0) is 48.1 Å². The van der Waals surface area contributed by atoms with E-state index in [4.69, 9.17) is 17.0 Å². The molecule has 0 unspecified atom stereocenters. The van der Waals surface area contributed by atoms with Crippen LogP contribution in [0.2, 0.25) is 0 Å². The van der Waals surface area contributed by atoms with Crippen LogP contribution in [-0.2, 0) is 4.79 Å². The molecule has 0 bridgehead atoms. The molecule has 6 heteroatoms. The van der Waals surface area contributed by atoms with E-state index in [1.807, 2.05) is 30.3 Å². The highest BCUT2D eigenvalue weighted by atomic mass is 32.2. The smallest absolute Gasteiger partial charge is 0.270 e. The van der Waals surface area contributed by atoms with E-state index in [-0.39, 0.29) is 11.7 Å². The first-order valence-electron chi connectivity index (χ1n) is 7.58. The average Bonchev–Trinajstić information content (AvgIpc) is 2.89. The monoisotopic (exact) mass is 369 g/mol. The number of thioether (sulfide) groups is 1. The van der Waals surface area contributed by atoms with Gasteiger partial charge in [0.15, 0.2) is 4.32 Å². The summed E-state index contributed by atoms with van der Waals surface area (Å²) in [6.07, 6.45) is 3.81. The molecule has 0 aromatic heterocycles. The molecule has 0 aliphatic carbocycles. The zero-order valence-electron chi connectivity index (χ0n) is 12.9. The Bertz CT molecular complexity index is 935. The van der Waals surface area contributed by atoms with Crippen molar-refractivity contribution in [3.8, 4) is 5.75 Å². The highest BCUT2D eigenvalue weighted by molar-refractivity contribution is 8.27. The van der Waals surface area contributed by atoms with Gasteiger partial charge in [0.1, 0.15) is 18.2 Å². The molecule has 2 aromatic rings. The number of ether oxygens (including phenoxy) is 1. The van der Waals surface area contributed by atoms with Gasteiger partial charge < -0.3 is 4.74 Å². The van der Waals surface area contributed by atoms with E-state index in [1.165, 1.54) is 28.8 Å². The minimum absolute atomic E-state index is 0.207. The standard InChI is InChI=1S/C19H12FNO2S2/c20-14-5-7-15(8-6-14)21-18(22)17(25-19(21)24)10-12-9-13-3-1-2-4-16(13)23-11-12/h1-10H,11H2/b17-10-. The first kappa shape index (κ1) is 16.1. The van der Waals surface area contributed by atoms with Crippen LogP contribution in [0.4, 0.5) is 10.1 Å². The van der Waals surface area contributed by atoms with Gasteiger partial charge in [0, 0.05) is 5.56 Å². The molecule has 0 N–H and O–H groups in total. The summed E-state index contributed by atoms with van der Waals surface area (Å²) >= 11 is 6.56. The second kappa shape index (κ2) is 6.46. The summed E-state index contributed by atoms with van der Waals surface area (Å²) in [6.45, 7) is 0.400. The van der Waals surface area contributed by atoms with Gasteiger partial charge in [0.2, 0.25) is 0 Å². The number of rotatable bonds is 2. The number of nitrogens with zero attached hydrogens (tertiary/aromatic N) is 1. The van der Waals surface area contributed by atoms with Crippen LogP contribution < -0.4 is 9.64 Å². The number of carbonyl (C=O) groups excluding carboxylic acids is 1. The highest BCUT2D eigenvalue weighted by Crippen LogP contribution is 2.36. The van der Waals surface area contributed by atoms with E-state index >= 15 is 0 Å². The fraction of sp³-hybridized carbons (Fsp3) is 0.0526. The van der Waals surface area contributed by atoms with E-state index in [2.05, 4.69) is 0 Å². The van der Waals surface area contributed by atoms with Crippen molar-refractivity contribution in [2.24, 2.45) is 0 Å². The molecule has 2 aromatic carbocycles. The normalized spacial score (nSPS) is 18.2. The maximum atomic E-state index is 13.1. The Morgan fingerprint density at radius 3 is 2.72 bits per heavy atom. The number of fused-ring (bicyclic) bond motifs is 1. The number of benzene rings is 2. The lowest BCUT2D eigenvalue weighted by atomic mass is 10.1. The maximum absolute atomic E-state index is 13.1. The van der Waals surface area contributed by atoms with Crippen molar-refractivity contribution in [3.05, 3.63) is 76.5 Å². The van der Waals surface area contributed by atoms with Crippen LogP contribution in [0.1, 0.15) is 5.56 Å². The highest BCUT2D eigenvalue weighted by Gasteiger charge is 2.33. The van der Waals surface area contributed by atoms with Crippen molar-refractivity contribution in [1.82, 2.24) is 0 Å². The first-order valence-corrected chi connectivity index (χ1v) is 8.80. The summed E-state index contributed by atoms with van der Waals surface area (Å²) in [5.41, 5.74) is 2.44. The lowest BCUT2D eigenvalue weighted by Crippen LogP contribution is -2.27. The molecule has 2 heterocycles. The van der Waals surface area contributed by atoms with Crippen molar-refractivity contribution in [2.45, 2.75) is 0 Å². The van der Waals surface area contributed by atoms with Crippen LogP contribution >= 0.6 is 24.0 Å². The molecule has 2 aliphatic rings. The van der Waals surface area contributed by atoms with Crippen molar-refractivity contribution in [2.75, 3.05) is 11.5 Å². The number of amides is 1. The molecule has 4 rings (SSSR count). The van der Waals surface area contributed by atoms with Crippen molar-refractivity contribution in [1.29, 1.82) is 0 Å². The van der Waals surface area contributed by atoms with Gasteiger partial charge in [0.05, 0.1) is 10.6 Å². The zero-order chi connectivity index (χ0) is 17.4. The molecule has 3 nitrogen and oxygen atoms in total.